The quantitative estimate of drug-likeness (QED) is 0.827. The summed E-state index contributed by atoms with van der Waals surface area (Å²) in [6.07, 6.45) is 3.92. The molecule has 0 bridgehead atoms. The van der Waals surface area contributed by atoms with E-state index in [0.717, 1.165) is 40.7 Å². The van der Waals surface area contributed by atoms with Crippen molar-refractivity contribution in [1.29, 1.82) is 0 Å². The van der Waals surface area contributed by atoms with Gasteiger partial charge in [-0.05, 0) is 54.9 Å². The molecule has 0 amide bonds. The molecule has 20 heavy (non-hydrogen) atoms. The van der Waals surface area contributed by atoms with Gasteiger partial charge in [-0.15, -0.1) is 0 Å². The number of rotatable bonds is 4. The second kappa shape index (κ2) is 6.35. The fourth-order valence-electron chi connectivity index (χ4n) is 2.68. The molecule has 2 nitrogen and oxygen atoms in total. The van der Waals surface area contributed by atoms with Gasteiger partial charge in [0.05, 0.1) is 5.60 Å². The minimum atomic E-state index is -0.561. The van der Waals surface area contributed by atoms with E-state index in [1.54, 1.807) is 0 Å². The van der Waals surface area contributed by atoms with Gasteiger partial charge in [0, 0.05) is 22.6 Å². The van der Waals surface area contributed by atoms with Crippen molar-refractivity contribution in [2.75, 3.05) is 6.54 Å². The molecule has 1 aromatic rings. The van der Waals surface area contributed by atoms with Crippen LogP contribution < -0.4 is 5.32 Å². The van der Waals surface area contributed by atoms with Crippen LogP contribution in [0, 0.1) is 5.41 Å². The molecule has 1 aliphatic carbocycles. The maximum atomic E-state index is 10.6. The monoisotopic (exact) mass is 359 g/mol. The molecule has 0 aliphatic heterocycles. The van der Waals surface area contributed by atoms with Crippen LogP contribution in [0.25, 0.3) is 0 Å². The number of nitrogens with one attached hydrogen (secondary N) is 1. The first-order valence-electron chi connectivity index (χ1n) is 7.17. The van der Waals surface area contributed by atoms with E-state index in [1.807, 2.05) is 18.2 Å². The van der Waals surface area contributed by atoms with E-state index in [0.29, 0.717) is 18.5 Å². The van der Waals surface area contributed by atoms with Gasteiger partial charge in [0.25, 0.3) is 0 Å². The summed E-state index contributed by atoms with van der Waals surface area (Å²) in [6.45, 7) is 5.87. The lowest BCUT2D eigenvalue weighted by atomic mass is 9.71. The molecule has 0 spiro atoms. The second-order valence-corrected chi connectivity index (χ2v) is 8.05. The van der Waals surface area contributed by atoms with E-state index in [-0.39, 0.29) is 0 Å². The van der Waals surface area contributed by atoms with Gasteiger partial charge in [0.1, 0.15) is 0 Å². The molecular formula is C16H23BrClNO. The van der Waals surface area contributed by atoms with Gasteiger partial charge >= 0.3 is 0 Å². The summed E-state index contributed by atoms with van der Waals surface area (Å²) in [6, 6.07) is 5.84. The highest BCUT2D eigenvalue weighted by Crippen LogP contribution is 2.39. The van der Waals surface area contributed by atoms with Crippen molar-refractivity contribution in [3.8, 4) is 0 Å². The minimum Gasteiger partial charge on any atom is -0.389 e. The van der Waals surface area contributed by atoms with Crippen LogP contribution in [-0.2, 0) is 6.54 Å². The molecule has 112 valence electrons. The Labute approximate surface area is 135 Å². The third kappa shape index (κ3) is 4.45. The van der Waals surface area contributed by atoms with Crippen LogP contribution in [-0.4, -0.2) is 17.3 Å². The molecule has 1 aliphatic rings. The largest absolute Gasteiger partial charge is 0.389 e. The van der Waals surface area contributed by atoms with Gasteiger partial charge in [0.2, 0.25) is 0 Å². The van der Waals surface area contributed by atoms with Gasteiger partial charge in [0.15, 0.2) is 0 Å². The fourth-order valence-corrected chi connectivity index (χ4v) is 3.27. The Kier molecular flexibility index (Phi) is 5.17. The normalized spacial score (nSPS) is 20.9. The van der Waals surface area contributed by atoms with Gasteiger partial charge < -0.3 is 10.4 Å². The lowest BCUT2D eigenvalue weighted by Crippen LogP contribution is -2.44. The van der Waals surface area contributed by atoms with E-state index in [4.69, 9.17) is 11.6 Å². The molecule has 2 N–H and O–H groups in total. The van der Waals surface area contributed by atoms with Crippen molar-refractivity contribution in [3.63, 3.8) is 0 Å². The van der Waals surface area contributed by atoms with E-state index in [9.17, 15) is 5.11 Å². The average Bonchev–Trinajstić information content (AvgIpc) is 2.38. The number of aliphatic hydroxyl groups is 1. The highest BCUT2D eigenvalue weighted by molar-refractivity contribution is 9.10. The van der Waals surface area contributed by atoms with E-state index in [2.05, 4.69) is 35.1 Å². The SMILES string of the molecule is CC1(C)CCC(O)(CNCc2cc(Br)ccc2Cl)CC1. The Morgan fingerprint density at radius 2 is 1.90 bits per heavy atom. The van der Waals surface area contributed by atoms with Crippen molar-refractivity contribution >= 4 is 27.5 Å². The summed E-state index contributed by atoms with van der Waals surface area (Å²) < 4.78 is 1.02. The number of benzene rings is 1. The van der Waals surface area contributed by atoms with Crippen molar-refractivity contribution in [1.82, 2.24) is 5.32 Å². The van der Waals surface area contributed by atoms with Gasteiger partial charge in [-0.3, -0.25) is 0 Å². The fraction of sp³-hybridized carbons (Fsp3) is 0.625. The van der Waals surface area contributed by atoms with Crippen molar-refractivity contribution < 1.29 is 5.11 Å². The lowest BCUT2D eigenvalue weighted by molar-refractivity contribution is -0.0245. The zero-order valence-corrected chi connectivity index (χ0v) is 14.5. The zero-order chi connectivity index (χ0) is 14.8. The third-order valence-electron chi connectivity index (χ3n) is 4.31. The van der Waals surface area contributed by atoms with Crippen LogP contribution in [0.15, 0.2) is 22.7 Å². The number of hydrogen-bond donors (Lipinski definition) is 2. The topological polar surface area (TPSA) is 32.3 Å². The molecule has 1 saturated carbocycles. The van der Waals surface area contributed by atoms with E-state index >= 15 is 0 Å². The molecular weight excluding hydrogens is 338 g/mol. The molecule has 0 atom stereocenters. The van der Waals surface area contributed by atoms with Crippen LogP contribution in [0.2, 0.25) is 5.02 Å². The van der Waals surface area contributed by atoms with Gasteiger partial charge in [-0.25, -0.2) is 0 Å². The maximum Gasteiger partial charge on any atom is 0.0772 e. The first-order valence-corrected chi connectivity index (χ1v) is 8.34. The van der Waals surface area contributed by atoms with Crippen molar-refractivity contribution in [2.24, 2.45) is 5.41 Å². The second-order valence-electron chi connectivity index (χ2n) is 6.73. The Hall–Kier alpha value is -0.0900. The van der Waals surface area contributed by atoms with E-state index < -0.39 is 5.60 Å². The number of hydrogen-bond acceptors (Lipinski definition) is 2. The van der Waals surface area contributed by atoms with Crippen LogP contribution >= 0.6 is 27.5 Å². The predicted octanol–water partition coefficient (Wildman–Crippen LogP) is 4.52. The zero-order valence-electron chi connectivity index (χ0n) is 12.2. The molecule has 4 heteroatoms. The first-order chi connectivity index (χ1) is 9.30. The highest BCUT2D eigenvalue weighted by Gasteiger charge is 2.36. The van der Waals surface area contributed by atoms with Crippen LogP contribution in [0.3, 0.4) is 0 Å². The Morgan fingerprint density at radius 3 is 2.55 bits per heavy atom. The summed E-state index contributed by atoms with van der Waals surface area (Å²) in [7, 11) is 0. The minimum absolute atomic E-state index is 0.375. The van der Waals surface area contributed by atoms with Crippen molar-refractivity contribution in [3.05, 3.63) is 33.3 Å². The summed E-state index contributed by atoms with van der Waals surface area (Å²) in [5.41, 5.74) is 0.870. The molecule has 1 fully saturated rings. The van der Waals surface area contributed by atoms with E-state index in [1.165, 1.54) is 0 Å². The lowest BCUT2D eigenvalue weighted by Gasteiger charge is -2.40. The molecule has 0 heterocycles. The molecule has 2 rings (SSSR count). The highest BCUT2D eigenvalue weighted by atomic mass is 79.9. The Balaban J connectivity index is 1.85. The Morgan fingerprint density at radius 1 is 1.25 bits per heavy atom. The molecule has 0 saturated heterocycles. The predicted molar refractivity (Wildman–Crippen MR) is 88.1 cm³/mol. The molecule has 1 aromatic carbocycles. The van der Waals surface area contributed by atoms with Gasteiger partial charge in [-0.2, -0.15) is 0 Å². The Bertz CT molecular complexity index is 466. The third-order valence-corrected chi connectivity index (χ3v) is 5.17. The summed E-state index contributed by atoms with van der Waals surface area (Å²) >= 11 is 9.62. The maximum absolute atomic E-state index is 10.6. The van der Waals surface area contributed by atoms with Gasteiger partial charge in [-0.1, -0.05) is 41.4 Å². The van der Waals surface area contributed by atoms with Crippen LogP contribution in [0.4, 0.5) is 0 Å². The van der Waals surface area contributed by atoms with Crippen LogP contribution in [0.5, 0.6) is 0 Å². The average molecular weight is 361 g/mol. The summed E-state index contributed by atoms with van der Waals surface area (Å²) in [5.74, 6) is 0. The van der Waals surface area contributed by atoms with Crippen molar-refractivity contribution in [2.45, 2.75) is 51.7 Å². The standard InChI is InChI=1S/C16H23BrClNO/c1-15(2)5-7-16(20,8-6-15)11-19-10-12-9-13(17)3-4-14(12)18/h3-4,9,19-20H,5-8,10-11H2,1-2H3. The molecule has 0 unspecified atom stereocenters. The summed E-state index contributed by atoms with van der Waals surface area (Å²) in [4.78, 5) is 0. The smallest absolute Gasteiger partial charge is 0.0772 e. The number of halogens is 2. The first kappa shape index (κ1) is 16.3. The van der Waals surface area contributed by atoms with Crippen LogP contribution in [0.1, 0.15) is 45.1 Å². The molecule has 0 aromatic heterocycles. The summed E-state index contributed by atoms with van der Waals surface area (Å²) in [5, 5.41) is 14.7. The molecule has 0 radical (unpaired) electrons.